The first-order valence-electron chi connectivity index (χ1n) is 6.80. The van der Waals surface area contributed by atoms with Crippen LogP contribution in [0.1, 0.15) is 29.7 Å². The minimum atomic E-state index is 0.395. The molecule has 2 heteroatoms. The first-order chi connectivity index (χ1) is 8.60. The van der Waals surface area contributed by atoms with Crippen LogP contribution in [0.5, 0.6) is 0 Å². The average molecular weight is 242 g/mol. The van der Waals surface area contributed by atoms with E-state index in [0.29, 0.717) is 5.41 Å². The van der Waals surface area contributed by atoms with Gasteiger partial charge < -0.3 is 9.88 Å². The summed E-state index contributed by atoms with van der Waals surface area (Å²) in [6.45, 7) is 5.58. The van der Waals surface area contributed by atoms with E-state index in [4.69, 9.17) is 0 Å². The number of likely N-dealkylation sites (N-methyl/N-ethyl adjacent to an activating group) is 1. The van der Waals surface area contributed by atoms with Crippen molar-refractivity contribution < 1.29 is 0 Å². The van der Waals surface area contributed by atoms with E-state index in [1.165, 1.54) is 35.0 Å². The van der Waals surface area contributed by atoms with Crippen molar-refractivity contribution in [3.63, 3.8) is 0 Å². The fraction of sp³-hybridized carbons (Fsp3) is 0.500. The summed E-state index contributed by atoms with van der Waals surface area (Å²) in [6.07, 6.45) is 2.64. The number of aryl methyl sites for hydroxylation is 2. The number of aromatic nitrogens is 1. The molecule has 1 heterocycles. The van der Waals surface area contributed by atoms with Crippen LogP contribution in [0.25, 0.3) is 10.9 Å². The van der Waals surface area contributed by atoms with Gasteiger partial charge in [0.05, 0.1) is 5.52 Å². The van der Waals surface area contributed by atoms with Crippen molar-refractivity contribution in [2.24, 2.45) is 7.05 Å². The zero-order chi connectivity index (χ0) is 12.9. The molecule has 1 aromatic carbocycles. The van der Waals surface area contributed by atoms with E-state index >= 15 is 0 Å². The summed E-state index contributed by atoms with van der Waals surface area (Å²) in [7, 11) is 4.26. The summed E-state index contributed by atoms with van der Waals surface area (Å²) in [6, 6.07) is 6.69. The summed E-state index contributed by atoms with van der Waals surface area (Å²) in [5.41, 5.74) is 6.20. The van der Waals surface area contributed by atoms with Crippen LogP contribution in [0.3, 0.4) is 0 Å². The highest BCUT2D eigenvalue weighted by molar-refractivity contribution is 5.89. The molecule has 1 aliphatic carbocycles. The predicted octanol–water partition coefficient (Wildman–Crippen LogP) is 3.05. The van der Waals surface area contributed by atoms with Crippen molar-refractivity contribution in [2.45, 2.75) is 32.1 Å². The molecule has 96 valence electrons. The van der Waals surface area contributed by atoms with Crippen molar-refractivity contribution >= 4 is 10.9 Å². The molecule has 0 amide bonds. The molecule has 3 rings (SSSR count). The number of hydrogen-bond acceptors (Lipinski definition) is 1. The number of fused-ring (bicyclic) bond motifs is 1. The Balaban J connectivity index is 2.30. The smallest absolute Gasteiger partial charge is 0.0512 e. The van der Waals surface area contributed by atoms with Crippen molar-refractivity contribution in [2.75, 3.05) is 13.6 Å². The van der Waals surface area contributed by atoms with E-state index in [0.717, 1.165) is 6.54 Å². The molecule has 0 aliphatic heterocycles. The Hall–Kier alpha value is -1.28. The molecule has 0 unspecified atom stereocenters. The van der Waals surface area contributed by atoms with Gasteiger partial charge in [-0.05, 0) is 44.9 Å². The highest BCUT2D eigenvalue weighted by Crippen LogP contribution is 2.51. The molecule has 0 saturated heterocycles. The topological polar surface area (TPSA) is 17.0 Å². The van der Waals surface area contributed by atoms with Crippen LogP contribution >= 0.6 is 0 Å². The molecule has 1 N–H and O–H groups in total. The van der Waals surface area contributed by atoms with Gasteiger partial charge in [0.15, 0.2) is 0 Å². The van der Waals surface area contributed by atoms with Crippen molar-refractivity contribution in [3.05, 3.63) is 35.0 Å². The van der Waals surface area contributed by atoms with Crippen LogP contribution in [0.4, 0.5) is 0 Å². The SMILES string of the molecule is CNCC1(c2c(C)n(C)c3c(C)cccc23)CC1. The maximum atomic E-state index is 3.38. The number of nitrogens with zero attached hydrogens (tertiary/aromatic N) is 1. The molecule has 2 aromatic rings. The van der Waals surface area contributed by atoms with Gasteiger partial charge in [0.2, 0.25) is 0 Å². The molecule has 0 atom stereocenters. The quantitative estimate of drug-likeness (QED) is 0.875. The predicted molar refractivity (Wildman–Crippen MR) is 77.2 cm³/mol. The molecule has 0 radical (unpaired) electrons. The Morgan fingerprint density at radius 3 is 2.61 bits per heavy atom. The lowest BCUT2D eigenvalue weighted by molar-refractivity contribution is 0.621. The van der Waals surface area contributed by atoms with Gasteiger partial charge in [0, 0.05) is 30.1 Å². The van der Waals surface area contributed by atoms with Gasteiger partial charge >= 0.3 is 0 Å². The third kappa shape index (κ3) is 1.45. The van der Waals surface area contributed by atoms with Crippen LogP contribution in [0.15, 0.2) is 18.2 Å². The van der Waals surface area contributed by atoms with Crippen LogP contribution in [0, 0.1) is 13.8 Å². The van der Waals surface area contributed by atoms with Gasteiger partial charge in [0.1, 0.15) is 0 Å². The van der Waals surface area contributed by atoms with E-state index in [1.54, 1.807) is 5.56 Å². The minimum Gasteiger partial charge on any atom is -0.347 e. The highest BCUT2D eigenvalue weighted by atomic mass is 15.0. The van der Waals surface area contributed by atoms with Gasteiger partial charge in [-0.15, -0.1) is 0 Å². The second kappa shape index (κ2) is 3.86. The summed E-state index contributed by atoms with van der Waals surface area (Å²) in [5, 5.41) is 4.84. The van der Waals surface area contributed by atoms with Gasteiger partial charge in [-0.25, -0.2) is 0 Å². The van der Waals surface area contributed by atoms with E-state index in [2.05, 4.69) is 56.0 Å². The molecule has 0 spiro atoms. The van der Waals surface area contributed by atoms with Crippen LogP contribution in [0.2, 0.25) is 0 Å². The monoisotopic (exact) mass is 242 g/mol. The third-order valence-electron chi connectivity index (χ3n) is 4.61. The zero-order valence-electron chi connectivity index (χ0n) is 11.8. The standard InChI is InChI=1S/C16H22N2/c1-11-6-5-7-13-14(12(2)18(4)15(11)13)16(8-9-16)10-17-3/h5-7,17H,8-10H2,1-4H3. The average Bonchev–Trinajstić information content (AvgIpc) is 3.04. The van der Waals surface area contributed by atoms with Gasteiger partial charge in [-0.3, -0.25) is 0 Å². The molecule has 18 heavy (non-hydrogen) atoms. The number of nitrogens with one attached hydrogen (secondary N) is 1. The minimum absolute atomic E-state index is 0.395. The molecule has 0 bridgehead atoms. The van der Waals surface area contributed by atoms with Gasteiger partial charge in [-0.1, -0.05) is 18.2 Å². The lowest BCUT2D eigenvalue weighted by Crippen LogP contribution is -2.24. The first-order valence-corrected chi connectivity index (χ1v) is 6.80. The van der Waals surface area contributed by atoms with Gasteiger partial charge in [0.25, 0.3) is 0 Å². The fourth-order valence-electron chi connectivity index (χ4n) is 3.51. The van der Waals surface area contributed by atoms with E-state index in [9.17, 15) is 0 Å². The van der Waals surface area contributed by atoms with Gasteiger partial charge in [-0.2, -0.15) is 0 Å². The third-order valence-corrected chi connectivity index (χ3v) is 4.61. The normalized spacial score (nSPS) is 17.3. The molecular formula is C16H22N2. The van der Waals surface area contributed by atoms with Crippen molar-refractivity contribution in [3.8, 4) is 0 Å². The Bertz CT molecular complexity index is 603. The highest BCUT2D eigenvalue weighted by Gasteiger charge is 2.46. The molecular weight excluding hydrogens is 220 g/mol. The molecule has 1 fully saturated rings. The second-order valence-corrected chi connectivity index (χ2v) is 5.80. The zero-order valence-corrected chi connectivity index (χ0v) is 11.8. The Labute approximate surface area is 109 Å². The van der Waals surface area contributed by atoms with Crippen LogP contribution in [-0.4, -0.2) is 18.2 Å². The summed E-state index contributed by atoms with van der Waals surface area (Å²) in [4.78, 5) is 0. The van der Waals surface area contributed by atoms with E-state index < -0.39 is 0 Å². The second-order valence-electron chi connectivity index (χ2n) is 5.80. The number of rotatable bonds is 3. The lowest BCUT2D eigenvalue weighted by atomic mass is 9.92. The fourth-order valence-corrected chi connectivity index (χ4v) is 3.51. The maximum Gasteiger partial charge on any atom is 0.0512 e. The lowest BCUT2D eigenvalue weighted by Gasteiger charge is -2.16. The van der Waals surface area contributed by atoms with Crippen molar-refractivity contribution in [1.29, 1.82) is 0 Å². The molecule has 2 nitrogen and oxygen atoms in total. The number of benzene rings is 1. The van der Waals surface area contributed by atoms with E-state index in [1.807, 2.05) is 0 Å². The summed E-state index contributed by atoms with van der Waals surface area (Å²) in [5.74, 6) is 0. The summed E-state index contributed by atoms with van der Waals surface area (Å²) >= 11 is 0. The number of hydrogen-bond donors (Lipinski definition) is 1. The van der Waals surface area contributed by atoms with Crippen LogP contribution in [-0.2, 0) is 12.5 Å². The van der Waals surface area contributed by atoms with Crippen LogP contribution < -0.4 is 5.32 Å². The molecule has 1 aliphatic rings. The Kier molecular flexibility index (Phi) is 2.53. The Morgan fingerprint density at radius 1 is 1.28 bits per heavy atom. The largest absolute Gasteiger partial charge is 0.347 e. The number of para-hydroxylation sites is 1. The molecule has 1 saturated carbocycles. The maximum absolute atomic E-state index is 3.38. The van der Waals surface area contributed by atoms with E-state index in [-0.39, 0.29) is 0 Å². The molecule has 1 aromatic heterocycles. The van der Waals surface area contributed by atoms with Crippen molar-refractivity contribution in [1.82, 2.24) is 9.88 Å². The summed E-state index contributed by atoms with van der Waals surface area (Å²) < 4.78 is 2.37. The first kappa shape index (κ1) is 11.8. The Morgan fingerprint density at radius 2 is 2.00 bits per heavy atom.